The molecule has 3 atom stereocenters. The van der Waals surface area contributed by atoms with Crippen LogP contribution in [0.25, 0.3) is 5.00 Å². The van der Waals surface area contributed by atoms with E-state index < -0.39 is 0 Å². The van der Waals surface area contributed by atoms with E-state index in [-0.39, 0.29) is 17.4 Å². The van der Waals surface area contributed by atoms with E-state index in [1.165, 1.54) is 10.4 Å². The van der Waals surface area contributed by atoms with Crippen molar-refractivity contribution in [1.29, 1.82) is 0 Å². The van der Waals surface area contributed by atoms with E-state index in [0.29, 0.717) is 17.0 Å². The zero-order chi connectivity index (χ0) is 22.5. The molecular formula is C25H24ClN5OS. The number of aryl methyl sites for hydroxylation is 1. The monoisotopic (exact) mass is 477 g/mol. The number of carbonyl (C=O) groups excluding carboxylic acids is 1. The Hall–Kier alpha value is -2.51. The molecular weight excluding hydrogens is 454 g/mol. The first kappa shape index (κ1) is 19.9. The summed E-state index contributed by atoms with van der Waals surface area (Å²) in [6.07, 6.45) is 4.52. The van der Waals surface area contributed by atoms with Crippen molar-refractivity contribution in [2.45, 2.75) is 57.5 Å². The Morgan fingerprint density at radius 3 is 2.76 bits per heavy atom. The molecule has 6 nitrogen and oxygen atoms in total. The van der Waals surface area contributed by atoms with Gasteiger partial charge >= 0.3 is 0 Å². The minimum atomic E-state index is -0.334. The maximum absolute atomic E-state index is 13.0. The summed E-state index contributed by atoms with van der Waals surface area (Å²) in [4.78, 5) is 19.6. The molecule has 168 valence electrons. The van der Waals surface area contributed by atoms with E-state index in [4.69, 9.17) is 16.6 Å². The van der Waals surface area contributed by atoms with Gasteiger partial charge in [-0.05, 0) is 56.6 Å². The van der Waals surface area contributed by atoms with Gasteiger partial charge in [-0.3, -0.25) is 14.4 Å². The summed E-state index contributed by atoms with van der Waals surface area (Å²) >= 11 is 8.47. The maximum Gasteiger partial charge on any atom is 0.224 e. The Kier molecular flexibility index (Phi) is 4.08. The summed E-state index contributed by atoms with van der Waals surface area (Å²) in [6.45, 7) is 4.20. The average molecular weight is 478 g/mol. The molecule has 8 heteroatoms. The third-order valence-corrected chi connectivity index (χ3v) is 9.19. The molecule has 7 rings (SSSR count). The van der Waals surface area contributed by atoms with E-state index in [1.54, 1.807) is 11.3 Å². The van der Waals surface area contributed by atoms with Crippen LogP contribution in [0.5, 0.6) is 0 Å². The fourth-order valence-electron chi connectivity index (χ4n) is 5.36. The lowest BCUT2D eigenvalue weighted by molar-refractivity contribution is -0.124. The van der Waals surface area contributed by atoms with Crippen LogP contribution in [0.4, 0.5) is 0 Å². The van der Waals surface area contributed by atoms with Crippen LogP contribution in [0.15, 0.2) is 29.3 Å². The minimum Gasteiger partial charge on any atom is -0.353 e. The highest BCUT2D eigenvalue weighted by atomic mass is 35.5. The van der Waals surface area contributed by atoms with Crippen LogP contribution < -0.4 is 5.32 Å². The van der Waals surface area contributed by atoms with Gasteiger partial charge in [0.15, 0.2) is 5.82 Å². The van der Waals surface area contributed by atoms with Gasteiger partial charge in [-0.15, -0.1) is 21.5 Å². The van der Waals surface area contributed by atoms with Gasteiger partial charge in [0.2, 0.25) is 5.91 Å². The van der Waals surface area contributed by atoms with E-state index in [0.717, 1.165) is 65.6 Å². The first-order valence-corrected chi connectivity index (χ1v) is 12.9. The first-order valence-electron chi connectivity index (χ1n) is 11.7. The smallest absolute Gasteiger partial charge is 0.224 e. The second-order valence-electron chi connectivity index (χ2n) is 10.00. The zero-order valence-electron chi connectivity index (χ0n) is 18.6. The number of aliphatic imine (C=N–C) groups is 1. The quantitative estimate of drug-likeness (QED) is 0.608. The number of benzene rings is 1. The second-order valence-corrected chi connectivity index (χ2v) is 11.5. The molecule has 1 N–H and O–H groups in total. The lowest BCUT2D eigenvalue weighted by Gasteiger charge is -2.14. The van der Waals surface area contributed by atoms with Gasteiger partial charge in [-0.25, -0.2) is 0 Å². The molecule has 1 amide bonds. The number of carbonyl (C=O) groups is 1. The molecule has 2 aromatic heterocycles. The fourth-order valence-corrected chi connectivity index (χ4v) is 7.04. The number of halogens is 1. The number of fused-ring (bicyclic) bond motifs is 6. The van der Waals surface area contributed by atoms with Crippen LogP contribution in [0.3, 0.4) is 0 Å². The summed E-state index contributed by atoms with van der Waals surface area (Å²) in [5.41, 5.74) is 3.91. The molecule has 0 bridgehead atoms. The van der Waals surface area contributed by atoms with Crippen LogP contribution in [0.1, 0.15) is 59.4 Å². The summed E-state index contributed by atoms with van der Waals surface area (Å²) in [5, 5.41) is 14.1. The van der Waals surface area contributed by atoms with Gasteiger partial charge in [0.25, 0.3) is 0 Å². The predicted octanol–water partition coefficient (Wildman–Crippen LogP) is 4.37. The average Bonchev–Trinajstić information content (AvgIpc) is 3.56. The highest BCUT2D eigenvalue weighted by molar-refractivity contribution is 7.15. The summed E-state index contributed by atoms with van der Waals surface area (Å²) in [6, 6.07) is 8.30. The lowest BCUT2D eigenvalue weighted by Crippen LogP contribution is -2.33. The Morgan fingerprint density at radius 1 is 1.24 bits per heavy atom. The van der Waals surface area contributed by atoms with Gasteiger partial charge in [0.1, 0.15) is 16.4 Å². The van der Waals surface area contributed by atoms with Crippen LogP contribution >= 0.6 is 22.9 Å². The zero-order valence-corrected chi connectivity index (χ0v) is 20.1. The molecule has 1 aromatic carbocycles. The van der Waals surface area contributed by atoms with E-state index in [9.17, 15) is 4.79 Å². The minimum absolute atomic E-state index is 0.0172. The third kappa shape index (κ3) is 2.91. The number of hydrogen-bond acceptors (Lipinski definition) is 5. The van der Waals surface area contributed by atoms with Crippen LogP contribution in [0.2, 0.25) is 5.02 Å². The standard InChI is InChI=1S/C25H24ClN5OS/c1-12-9-18(12)27-22(32)14-10-16-19(11-14)33-23-20(16)21(15-5-3-4-6-17(15)26)28-25(7-8-25)24-30-29-13(2)31(23)24/h3-6,12,14,18H,7-11H2,1-2H3,(H,27,32)/t12-,14-,18-/m0/s1. The predicted molar refractivity (Wildman–Crippen MR) is 129 cm³/mol. The largest absolute Gasteiger partial charge is 0.353 e. The topological polar surface area (TPSA) is 72.2 Å². The molecule has 33 heavy (non-hydrogen) atoms. The molecule has 3 heterocycles. The van der Waals surface area contributed by atoms with Gasteiger partial charge in [0, 0.05) is 33.0 Å². The summed E-state index contributed by atoms with van der Waals surface area (Å²) in [5.74, 6) is 2.58. The molecule has 0 unspecified atom stereocenters. The van der Waals surface area contributed by atoms with Crippen LogP contribution in [-0.4, -0.2) is 32.4 Å². The van der Waals surface area contributed by atoms with Gasteiger partial charge in [0.05, 0.1) is 5.71 Å². The Bertz CT molecular complexity index is 1370. The van der Waals surface area contributed by atoms with Crippen LogP contribution in [-0.2, 0) is 23.2 Å². The van der Waals surface area contributed by atoms with Crippen molar-refractivity contribution in [2.24, 2.45) is 16.8 Å². The van der Waals surface area contributed by atoms with Crippen molar-refractivity contribution in [3.8, 4) is 5.00 Å². The Balaban J connectivity index is 1.39. The molecule has 3 aliphatic carbocycles. The number of hydrogen-bond donors (Lipinski definition) is 1. The second kappa shape index (κ2) is 6.76. The Morgan fingerprint density at radius 2 is 2.03 bits per heavy atom. The SMILES string of the molecule is Cc1nnc2n1-c1sc3c(c1C(c1ccccc1Cl)=NC21CC1)C[C@H](C(=O)N[C@H]1C[C@@H]1C)C3. The maximum atomic E-state index is 13.0. The number of aromatic nitrogens is 3. The molecule has 0 saturated heterocycles. The highest BCUT2D eigenvalue weighted by Crippen LogP contribution is 2.54. The van der Waals surface area contributed by atoms with Gasteiger partial charge in [-0.1, -0.05) is 36.7 Å². The van der Waals surface area contributed by atoms with Crippen molar-refractivity contribution in [2.75, 3.05) is 0 Å². The lowest BCUT2D eigenvalue weighted by atomic mass is 9.97. The summed E-state index contributed by atoms with van der Waals surface area (Å²) < 4.78 is 2.21. The van der Waals surface area contributed by atoms with Crippen molar-refractivity contribution in [1.82, 2.24) is 20.1 Å². The Labute approximate surface area is 201 Å². The summed E-state index contributed by atoms with van der Waals surface area (Å²) in [7, 11) is 0. The molecule has 2 saturated carbocycles. The number of amides is 1. The molecule has 3 aromatic rings. The third-order valence-electron chi connectivity index (χ3n) is 7.62. The number of nitrogens with one attached hydrogen (secondary N) is 1. The molecule has 1 spiro atoms. The number of thiophene rings is 1. The first-order chi connectivity index (χ1) is 15.9. The molecule has 2 fully saturated rings. The van der Waals surface area contributed by atoms with Crippen molar-refractivity contribution in [3.05, 3.63) is 62.5 Å². The fraction of sp³-hybridized carbons (Fsp3) is 0.440. The van der Waals surface area contributed by atoms with Gasteiger partial charge < -0.3 is 5.32 Å². The normalized spacial score (nSPS) is 25.7. The highest BCUT2D eigenvalue weighted by Gasteiger charge is 2.52. The molecule has 1 aliphatic heterocycles. The van der Waals surface area contributed by atoms with Crippen LogP contribution in [0, 0.1) is 18.8 Å². The molecule has 0 radical (unpaired) electrons. The van der Waals surface area contributed by atoms with Crippen molar-refractivity contribution < 1.29 is 4.79 Å². The van der Waals surface area contributed by atoms with Gasteiger partial charge in [-0.2, -0.15) is 0 Å². The number of rotatable bonds is 3. The molecule has 4 aliphatic rings. The van der Waals surface area contributed by atoms with E-state index in [1.807, 2.05) is 25.1 Å². The van der Waals surface area contributed by atoms with Crippen molar-refractivity contribution >= 4 is 34.6 Å². The number of nitrogens with zero attached hydrogens (tertiary/aromatic N) is 4. The van der Waals surface area contributed by atoms with E-state index in [2.05, 4.69) is 33.1 Å². The van der Waals surface area contributed by atoms with E-state index >= 15 is 0 Å². The van der Waals surface area contributed by atoms with Crippen molar-refractivity contribution in [3.63, 3.8) is 0 Å².